The van der Waals surface area contributed by atoms with Crippen LogP contribution in [0.5, 0.6) is 0 Å². The standard InChI is InChI=1S/C18H18F3NO2S/c19-18(20,21)17(24,14-7-3-1-4-8-14)13-22-16(23)11-12-25-15-9-5-2-6-10-15/h1-10,24H,11-13H2,(H,22,23). The van der Waals surface area contributed by atoms with Gasteiger partial charge in [-0.05, 0) is 17.7 Å². The van der Waals surface area contributed by atoms with Crippen molar-refractivity contribution in [1.82, 2.24) is 5.32 Å². The second kappa shape index (κ2) is 8.40. The number of rotatable bonds is 7. The number of alkyl halides is 3. The monoisotopic (exact) mass is 369 g/mol. The van der Waals surface area contributed by atoms with E-state index in [1.54, 1.807) is 6.07 Å². The van der Waals surface area contributed by atoms with Crippen LogP contribution >= 0.6 is 11.8 Å². The molecule has 2 rings (SSSR count). The molecule has 0 bridgehead atoms. The highest BCUT2D eigenvalue weighted by molar-refractivity contribution is 7.99. The number of halogens is 3. The summed E-state index contributed by atoms with van der Waals surface area (Å²) >= 11 is 1.44. The summed E-state index contributed by atoms with van der Waals surface area (Å²) in [5.74, 6) is -0.104. The summed E-state index contributed by atoms with van der Waals surface area (Å²) in [6, 6.07) is 16.1. The second-order valence-corrected chi connectivity index (χ2v) is 6.58. The summed E-state index contributed by atoms with van der Waals surface area (Å²) in [7, 11) is 0. The minimum Gasteiger partial charge on any atom is -0.375 e. The van der Waals surface area contributed by atoms with Gasteiger partial charge >= 0.3 is 6.18 Å². The molecular weight excluding hydrogens is 351 g/mol. The average molecular weight is 369 g/mol. The zero-order valence-electron chi connectivity index (χ0n) is 13.3. The number of benzene rings is 2. The van der Waals surface area contributed by atoms with E-state index in [0.717, 1.165) is 4.90 Å². The van der Waals surface area contributed by atoms with Crippen molar-refractivity contribution in [3.63, 3.8) is 0 Å². The van der Waals surface area contributed by atoms with E-state index in [4.69, 9.17) is 0 Å². The van der Waals surface area contributed by atoms with Crippen molar-refractivity contribution in [2.45, 2.75) is 23.1 Å². The maximum Gasteiger partial charge on any atom is 0.423 e. The Labute approximate surface area is 148 Å². The molecule has 0 aliphatic heterocycles. The smallest absolute Gasteiger partial charge is 0.375 e. The highest BCUT2D eigenvalue weighted by Crippen LogP contribution is 2.38. The lowest BCUT2D eigenvalue weighted by Gasteiger charge is -2.31. The zero-order valence-corrected chi connectivity index (χ0v) is 14.1. The van der Waals surface area contributed by atoms with Crippen molar-refractivity contribution in [3.05, 3.63) is 66.2 Å². The Morgan fingerprint density at radius 2 is 1.56 bits per heavy atom. The Hall–Kier alpha value is -1.99. The van der Waals surface area contributed by atoms with E-state index in [1.165, 1.54) is 36.0 Å². The molecule has 0 spiro atoms. The fourth-order valence-corrected chi connectivity index (χ4v) is 3.05. The summed E-state index contributed by atoms with van der Waals surface area (Å²) in [4.78, 5) is 12.8. The number of hydrogen-bond acceptors (Lipinski definition) is 3. The number of amides is 1. The van der Waals surface area contributed by atoms with Crippen LogP contribution in [0.2, 0.25) is 0 Å². The molecule has 0 aromatic heterocycles. The van der Waals surface area contributed by atoms with Crippen molar-refractivity contribution < 1.29 is 23.1 Å². The maximum absolute atomic E-state index is 13.3. The molecule has 25 heavy (non-hydrogen) atoms. The third kappa shape index (κ3) is 5.24. The molecule has 2 aromatic rings. The predicted octanol–water partition coefficient (Wildman–Crippen LogP) is 3.74. The summed E-state index contributed by atoms with van der Waals surface area (Å²) in [6.07, 6.45) is -4.84. The van der Waals surface area contributed by atoms with E-state index in [2.05, 4.69) is 5.32 Å². The average Bonchev–Trinajstić information content (AvgIpc) is 2.60. The first-order valence-electron chi connectivity index (χ1n) is 7.62. The molecule has 0 saturated heterocycles. The topological polar surface area (TPSA) is 49.3 Å². The molecule has 7 heteroatoms. The summed E-state index contributed by atoms with van der Waals surface area (Å²) < 4.78 is 39.9. The van der Waals surface area contributed by atoms with E-state index in [-0.39, 0.29) is 12.0 Å². The van der Waals surface area contributed by atoms with Crippen molar-refractivity contribution in [1.29, 1.82) is 0 Å². The summed E-state index contributed by atoms with van der Waals surface area (Å²) in [5.41, 5.74) is -3.42. The number of thioether (sulfide) groups is 1. The van der Waals surface area contributed by atoms with Crippen LogP contribution in [0.1, 0.15) is 12.0 Å². The minimum absolute atomic E-state index is 0.0578. The van der Waals surface area contributed by atoms with Crippen molar-refractivity contribution >= 4 is 17.7 Å². The highest BCUT2D eigenvalue weighted by Gasteiger charge is 2.55. The normalized spacial score (nSPS) is 13.9. The van der Waals surface area contributed by atoms with E-state index < -0.39 is 24.2 Å². The Kier molecular flexibility index (Phi) is 6.50. The SMILES string of the molecule is O=C(CCSc1ccccc1)NCC(O)(c1ccccc1)C(F)(F)F. The molecule has 134 valence electrons. The van der Waals surface area contributed by atoms with Gasteiger partial charge in [0.2, 0.25) is 11.5 Å². The fraction of sp³-hybridized carbons (Fsp3) is 0.278. The molecular formula is C18H18F3NO2S. The van der Waals surface area contributed by atoms with Crippen LogP contribution in [0, 0.1) is 0 Å². The lowest BCUT2D eigenvalue weighted by atomic mass is 9.93. The minimum atomic E-state index is -4.90. The van der Waals surface area contributed by atoms with Gasteiger partial charge in [-0.2, -0.15) is 13.2 Å². The molecule has 2 N–H and O–H groups in total. The number of nitrogens with one attached hydrogen (secondary N) is 1. The van der Waals surface area contributed by atoms with Crippen LogP contribution in [-0.4, -0.2) is 29.5 Å². The zero-order chi connectivity index (χ0) is 18.3. The van der Waals surface area contributed by atoms with Gasteiger partial charge in [-0.3, -0.25) is 4.79 Å². The quantitative estimate of drug-likeness (QED) is 0.731. The Bertz CT molecular complexity index is 680. The molecule has 3 nitrogen and oxygen atoms in total. The third-order valence-corrected chi connectivity index (χ3v) is 4.62. The fourth-order valence-electron chi connectivity index (χ4n) is 2.17. The number of carbonyl (C=O) groups is 1. The van der Waals surface area contributed by atoms with Gasteiger partial charge in [-0.25, -0.2) is 0 Å². The number of hydrogen-bond donors (Lipinski definition) is 2. The molecule has 1 amide bonds. The molecule has 0 fully saturated rings. The molecule has 0 heterocycles. The van der Waals surface area contributed by atoms with E-state index in [0.29, 0.717) is 5.75 Å². The van der Waals surface area contributed by atoms with Crippen LogP contribution in [0.3, 0.4) is 0 Å². The van der Waals surface area contributed by atoms with Gasteiger partial charge in [0.05, 0.1) is 6.54 Å². The summed E-state index contributed by atoms with van der Waals surface area (Å²) in [6.45, 7) is -0.921. The van der Waals surface area contributed by atoms with Crippen LogP contribution in [0.25, 0.3) is 0 Å². The lowest BCUT2D eigenvalue weighted by Crippen LogP contribution is -2.51. The lowest BCUT2D eigenvalue weighted by molar-refractivity contribution is -0.264. The first-order chi connectivity index (χ1) is 11.8. The van der Waals surface area contributed by atoms with Gasteiger partial charge in [-0.1, -0.05) is 48.5 Å². The van der Waals surface area contributed by atoms with Crippen LogP contribution in [0.15, 0.2) is 65.6 Å². The molecule has 1 unspecified atom stereocenters. The van der Waals surface area contributed by atoms with Crippen LogP contribution < -0.4 is 5.32 Å². The molecule has 0 aliphatic rings. The van der Waals surface area contributed by atoms with Gasteiger partial charge in [0.1, 0.15) is 0 Å². The van der Waals surface area contributed by atoms with Gasteiger partial charge in [0.25, 0.3) is 0 Å². The van der Waals surface area contributed by atoms with Gasteiger partial charge in [0.15, 0.2) is 0 Å². The molecule has 1 atom stereocenters. The Morgan fingerprint density at radius 1 is 1.00 bits per heavy atom. The van der Waals surface area contributed by atoms with E-state index >= 15 is 0 Å². The van der Waals surface area contributed by atoms with Crippen LogP contribution in [0.4, 0.5) is 13.2 Å². The molecule has 2 aromatic carbocycles. The largest absolute Gasteiger partial charge is 0.423 e. The Morgan fingerprint density at radius 3 is 2.12 bits per heavy atom. The maximum atomic E-state index is 13.3. The number of carbonyl (C=O) groups excluding carboxylic acids is 1. The van der Waals surface area contributed by atoms with Gasteiger partial charge < -0.3 is 10.4 Å². The van der Waals surface area contributed by atoms with Crippen molar-refractivity contribution in [3.8, 4) is 0 Å². The first kappa shape index (κ1) is 19.3. The van der Waals surface area contributed by atoms with Crippen LogP contribution in [-0.2, 0) is 10.4 Å². The third-order valence-electron chi connectivity index (χ3n) is 3.60. The molecule has 0 saturated carbocycles. The van der Waals surface area contributed by atoms with Gasteiger partial charge in [-0.15, -0.1) is 11.8 Å². The molecule has 0 aliphatic carbocycles. The van der Waals surface area contributed by atoms with E-state index in [1.807, 2.05) is 30.3 Å². The molecule has 0 radical (unpaired) electrons. The van der Waals surface area contributed by atoms with Crippen molar-refractivity contribution in [2.24, 2.45) is 0 Å². The second-order valence-electron chi connectivity index (χ2n) is 5.41. The highest BCUT2D eigenvalue weighted by atomic mass is 32.2. The van der Waals surface area contributed by atoms with Gasteiger partial charge in [0, 0.05) is 17.1 Å². The number of aliphatic hydroxyl groups is 1. The van der Waals surface area contributed by atoms with E-state index in [9.17, 15) is 23.1 Å². The van der Waals surface area contributed by atoms with Crippen molar-refractivity contribution in [2.75, 3.05) is 12.3 Å². The summed E-state index contributed by atoms with van der Waals surface area (Å²) in [5, 5.41) is 12.3. The predicted molar refractivity (Wildman–Crippen MR) is 91.2 cm³/mol. The Balaban J connectivity index is 1.91. The first-order valence-corrected chi connectivity index (χ1v) is 8.61.